The van der Waals surface area contributed by atoms with Crippen molar-refractivity contribution in [1.29, 1.82) is 0 Å². The average Bonchev–Trinajstić information content (AvgIpc) is 2.47. The molecule has 1 saturated heterocycles. The Bertz CT molecular complexity index is 219. The van der Waals surface area contributed by atoms with Gasteiger partial charge in [-0.25, -0.2) is 0 Å². The van der Waals surface area contributed by atoms with Gasteiger partial charge in [0, 0.05) is 25.6 Å². The number of hydrogen-bond acceptors (Lipinski definition) is 3. The van der Waals surface area contributed by atoms with Gasteiger partial charge in [-0.2, -0.15) is 0 Å². The molecule has 4 heteroatoms. The van der Waals surface area contributed by atoms with Gasteiger partial charge in [0.25, 0.3) is 0 Å². The van der Waals surface area contributed by atoms with Gasteiger partial charge in [0.1, 0.15) is 0 Å². The number of ether oxygens (including phenoxy) is 1. The maximum absolute atomic E-state index is 11.3. The molecule has 1 unspecified atom stereocenters. The number of unbranched alkanes of at least 4 members (excludes halogenated alkanes) is 1. The quantitative estimate of drug-likeness (QED) is 0.664. The van der Waals surface area contributed by atoms with Crippen LogP contribution in [0.3, 0.4) is 0 Å². The lowest BCUT2D eigenvalue weighted by atomic mass is 10.1. The molecule has 0 radical (unpaired) electrons. The Morgan fingerprint density at radius 1 is 1.47 bits per heavy atom. The zero-order chi connectivity index (χ0) is 12.5. The Morgan fingerprint density at radius 3 is 3.06 bits per heavy atom. The molecular weight excluding hydrogens is 216 g/mol. The van der Waals surface area contributed by atoms with Gasteiger partial charge in [-0.1, -0.05) is 0 Å². The van der Waals surface area contributed by atoms with Gasteiger partial charge in [0.15, 0.2) is 0 Å². The maximum atomic E-state index is 11.3. The first kappa shape index (κ1) is 14.5. The third-order valence-electron chi connectivity index (χ3n) is 2.94. The van der Waals surface area contributed by atoms with E-state index < -0.39 is 0 Å². The summed E-state index contributed by atoms with van der Waals surface area (Å²) in [6.45, 7) is 6.77. The molecule has 0 aromatic carbocycles. The molecule has 1 rings (SSSR count). The molecule has 1 aliphatic heterocycles. The maximum Gasteiger partial charge on any atom is 0.221 e. The van der Waals surface area contributed by atoms with E-state index in [0.717, 1.165) is 45.4 Å². The van der Waals surface area contributed by atoms with E-state index in [1.807, 2.05) is 0 Å². The largest absolute Gasteiger partial charge is 0.379 e. The Labute approximate surface area is 104 Å². The van der Waals surface area contributed by atoms with Gasteiger partial charge < -0.3 is 15.4 Å². The number of nitrogens with one attached hydrogen (secondary N) is 2. The van der Waals surface area contributed by atoms with E-state index in [9.17, 15) is 4.79 Å². The molecule has 17 heavy (non-hydrogen) atoms. The van der Waals surface area contributed by atoms with Crippen molar-refractivity contribution in [2.45, 2.75) is 58.1 Å². The van der Waals surface area contributed by atoms with Crippen LogP contribution in [0.15, 0.2) is 0 Å². The molecule has 0 aliphatic carbocycles. The first-order valence-electron chi connectivity index (χ1n) is 6.80. The minimum Gasteiger partial charge on any atom is -0.379 e. The Balaban J connectivity index is 1.99. The second-order valence-electron chi connectivity index (χ2n) is 4.97. The Hall–Kier alpha value is -0.610. The molecule has 0 saturated carbocycles. The van der Waals surface area contributed by atoms with Gasteiger partial charge in [-0.15, -0.1) is 0 Å². The second kappa shape index (κ2) is 8.48. The predicted molar refractivity (Wildman–Crippen MR) is 69.0 cm³/mol. The fourth-order valence-electron chi connectivity index (χ4n) is 2.00. The third-order valence-corrected chi connectivity index (χ3v) is 2.94. The van der Waals surface area contributed by atoms with Crippen LogP contribution in [0.2, 0.25) is 0 Å². The molecule has 100 valence electrons. The third kappa shape index (κ3) is 7.34. The molecule has 1 heterocycles. The second-order valence-corrected chi connectivity index (χ2v) is 4.97. The van der Waals surface area contributed by atoms with Crippen LogP contribution in [0.25, 0.3) is 0 Å². The number of carbonyl (C=O) groups is 1. The van der Waals surface area contributed by atoms with Crippen molar-refractivity contribution in [3.8, 4) is 0 Å². The Morgan fingerprint density at radius 2 is 2.29 bits per heavy atom. The van der Waals surface area contributed by atoms with Crippen molar-refractivity contribution < 1.29 is 9.53 Å². The van der Waals surface area contributed by atoms with Gasteiger partial charge in [-0.05, 0) is 46.1 Å². The summed E-state index contributed by atoms with van der Waals surface area (Å²) in [6.07, 6.45) is 5.34. The van der Waals surface area contributed by atoms with Crippen LogP contribution in [0.1, 0.15) is 46.0 Å². The lowest BCUT2D eigenvalue weighted by Gasteiger charge is -2.15. The van der Waals surface area contributed by atoms with Crippen LogP contribution in [0.4, 0.5) is 0 Å². The van der Waals surface area contributed by atoms with Gasteiger partial charge >= 0.3 is 0 Å². The first-order valence-corrected chi connectivity index (χ1v) is 6.80. The summed E-state index contributed by atoms with van der Waals surface area (Å²) < 4.78 is 5.48. The van der Waals surface area contributed by atoms with Gasteiger partial charge in [0.05, 0.1) is 6.10 Å². The zero-order valence-electron chi connectivity index (χ0n) is 11.1. The Kier molecular flexibility index (Phi) is 7.21. The topological polar surface area (TPSA) is 50.4 Å². The molecule has 0 aromatic rings. The molecule has 2 N–H and O–H groups in total. The standard InChI is InChI=1S/C13H26N2O2/c1-11(2)17-9-4-3-7-14-12-6-5-8-15-13(16)10-12/h11-12,14H,3-10H2,1-2H3,(H,15,16). The summed E-state index contributed by atoms with van der Waals surface area (Å²) in [4.78, 5) is 11.3. The molecule has 1 fully saturated rings. The molecule has 1 atom stereocenters. The summed E-state index contributed by atoms with van der Waals surface area (Å²) in [6, 6.07) is 0.364. The molecule has 1 amide bonds. The lowest BCUT2D eigenvalue weighted by Crippen LogP contribution is -2.33. The van der Waals surface area contributed by atoms with Crippen molar-refractivity contribution in [1.82, 2.24) is 10.6 Å². The highest BCUT2D eigenvalue weighted by atomic mass is 16.5. The molecule has 4 nitrogen and oxygen atoms in total. The van der Waals surface area contributed by atoms with Crippen molar-refractivity contribution in [2.75, 3.05) is 19.7 Å². The van der Waals surface area contributed by atoms with E-state index in [1.165, 1.54) is 0 Å². The van der Waals surface area contributed by atoms with E-state index in [0.29, 0.717) is 18.6 Å². The fraction of sp³-hybridized carbons (Fsp3) is 0.923. The summed E-state index contributed by atoms with van der Waals surface area (Å²) in [5.74, 6) is 0.183. The van der Waals surface area contributed by atoms with E-state index in [1.54, 1.807) is 0 Å². The minimum absolute atomic E-state index is 0.183. The van der Waals surface area contributed by atoms with Crippen LogP contribution in [0, 0.1) is 0 Å². The normalized spacial score (nSPS) is 21.4. The van der Waals surface area contributed by atoms with Crippen LogP contribution in [0.5, 0.6) is 0 Å². The SMILES string of the molecule is CC(C)OCCCCNC1CCCNC(=O)C1. The average molecular weight is 242 g/mol. The van der Waals surface area contributed by atoms with E-state index in [-0.39, 0.29) is 5.91 Å². The highest BCUT2D eigenvalue weighted by molar-refractivity contribution is 5.76. The van der Waals surface area contributed by atoms with Crippen LogP contribution in [-0.4, -0.2) is 37.7 Å². The van der Waals surface area contributed by atoms with E-state index >= 15 is 0 Å². The molecule has 0 spiro atoms. The lowest BCUT2D eigenvalue weighted by molar-refractivity contribution is -0.121. The number of amides is 1. The molecular formula is C13H26N2O2. The number of hydrogen-bond donors (Lipinski definition) is 2. The van der Waals surface area contributed by atoms with E-state index in [2.05, 4.69) is 24.5 Å². The fourth-order valence-corrected chi connectivity index (χ4v) is 2.00. The van der Waals surface area contributed by atoms with Gasteiger partial charge in [0.2, 0.25) is 5.91 Å². The van der Waals surface area contributed by atoms with E-state index in [4.69, 9.17) is 4.74 Å². The smallest absolute Gasteiger partial charge is 0.221 e. The summed E-state index contributed by atoms with van der Waals surface area (Å²) in [5, 5.41) is 6.36. The van der Waals surface area contributed by atoms with Crippen molar-refractivity contribution >= 4 is 5.91 Å². The monoisotopic (exact) mass is 242 g/mol. The number of rotatable bonds is 7. The van der Waals surface area contributed by atoms with Crippen LogP contribution >= 0.6 is 0 Å². The summed E-state index contributed by atoms with van der Waals surface area (Å²) in [7, 11) is 0. The van der Waals surface area contributed by atoms with Crippen LogP contribution < -0.4 is 10.6 Å². The zero-order valence-corrected chi connectivity index (χ0v) is 11.1. The van der Waals surface area contributed by atoms with Crippen molar-refractivity contribution in [3.05, 3.63) is 0 Å². The van der Waals surface area contributed by atoms with Crippen molar-refractivity contribution in [2.24, 2.45) is 0 Å². The number of carbonyl (C=O) groups excluding carboxylic acids is 1. The molecule has 0 aromatic heterocycles. The predicted octanol–water partition coefficient (Wildman–Crippen LogP) is 1.45. The molecule has 1 aliphatic rings. The van der Waals surface area contributed by atoms with Crippen molar-refractivity contribution in [3.63, 3.8) is 0 Å². The molecule has 0 bridgehead atoms. The first-order chi connectivity index (χ1) is 8.18. The minimum atomic E-state index is 0.183. The highest BCUT2D eigenvalue weighted by Crippen LogP contribution is 2.06. The van der Waals surface area contributed by atoms with Crippen LogP contribution in [-0.2, 0) is 9.53 Å². The highest BCUT2D eigenvalue weighted by Gasteiger charge is 2.15. The van der Waals surface area contributed by atoms with Gasteiger partial charge in [-0.3, -0.25) is 4.79 Å². The summed E-state index contributed by atoms with van der Waals surface area (Å²) in [5.41, 5.74) is 0. The summed E-state index contributed by atoms with van der Waals surface area (Å²) >= 11 is 0.